The Morgan fingerprint density at radius 1 is 1.06 bits per heavy atom. The Morgan fingerprint density at radius 3 is 2.56 bits per heavy atom. The van der Waals surface area contributed by atoms with Gasteiger partial charge in [0.2, 0.25) is 0 Å². The predicted molar refractivity (Wildman–Crippen MR) is 126 cm³/mol. The van der Waals surface area contributed by atoms with Gasteiger partial charge in [-0.2, -0.15) is 0 Å². The van der Waals surface area contributed by atoms with Crippen molar-refractivity contribution < 1.29 is 9.59 Å². The lowest BCUT2D eigenvalue weighted by Crippen LogP contribution is -2.38. The van der Waals surface area contributed by atoms with Gasteiger partial charge in [0.05, 0.1) is 6.54 Å². The summed E-state index contributed by atoms with van der Waals surface area (Å²) in [7, 11) is 0. The SMILES string of the molecule is CC1(NC(=O)c2cccc(Nc3ccc(C(=O)NC4=NCCN4)cc3C3CCC3)c2)CC1. The minimum atomic E-state index is -0.155. The van der Waals surface area contributed by atoms with E-state index in [1.54, 1.807) is 0 Å². The molecular formula is C25H29N5O2. The third-order valence-corrected chi connectivity index (χ3v) is 6.58. The number of guanidine groups is 1. The molecule has 7 nitrogen and oxygen atoms in total. The number of nitrogens with one attached hydrogen (secondary N) is 4. The van der Waals surface area contributed by atoms with Gasteiger partial charge in [0, 0.05) is 34.6 Å². The lowest BCUT2D eigenvalue weighted by Gasteiger charge is -2.28. The van der Waals surface area contributed by atoms with Gasteiger partial charge in [-0.3, -0.25) is 19.9 Å². The monoisotopic (exact) mass is 431 g/mol. The van der Waals surface area contributed by atoms with Crippen LogP contribution in [0, 0.1) is 0 Å². The van der Waals surface area contributed by atoms with Gasteiger partial charge < -0.3 is 16.0 Å². The number of benzene rings is 2. The van der Waals surface area contributed by atoms with Crippen LogP contribution in [0.25, 0.3) is 0 Å². The zero-order chi connectivity index (χ0) is 22.1. The molecule has 0 aromatic heterocycles. The number of rotatable bonds is 6. The maximum absolute atomic E-state index is 12.7. The maximum atomic E-state index is 12.7. The molecule has 0 atom stereocenters. The van der Waals surface area contributed by atoms with Crippen molar-refractivity contribution in [3.63, 3.8) is 0 Å². The van der Waals surface area contributed by atoms with Crippen molar-refractivity contribution in [3.05, 3.63) is 59.2 Å². The van der Waals surface area contributed by atoms with Gasteiger partial charge in [0.25, 0.3) is 11.8 Å². The fourth-order valence-electron chi connectivity index (χ4n) is 4.09. The summed E-state index contributed by atoms with van der Waals surface area (Å²) in [6, 6.07) is 13.4. The van der Waals surface area contributed by atoms with Crippen LogP contribution >= 0.6 is 0 Å². The molecular weight excluding hydrogens is 402 g/mol. The average Bonchev–Trinajstić information content (AvgIpc) is 3.24. The van der Waals surface area contributed by atoms with Gasteiger partial charge in [-0.05, 0) is 80.5 Å². The van der Waals surface area contributed by atoms with Crippen molar-refractivity contribution in [2.75, 3.05) is 18.4 Å². The van der Waals surface area contributed by atoms with Crippen LogP contribution < -0.4 is 21.3 Å². The van der Waals surface area contributed by atoms with Crippen molar-refractivity contribution in [2.45, 2.75) is 50.5 Å². The molecule has 2 amide bonds. The molecule has 2 aliphatic carbocycles. The van der Waals surface area contributed by atoms with E-state index < -0.39 is 0 Å². The van der Waals surface area contributed by atoms with E-state index in [4.69, 9.17) is 0 Å². The Kier molecular flexibility index (Phi) is 5.33. The fraction of sp³-hybridized carbons (Fsp3) is 0.400. The van der Waals surface area contributed by atoms with E-state index in [1.807, 2.05) is 42.5 Å². The molecule has 7 heteroatoms. The molecule has 3 aliphatic rings. The van der Waals surface area contributed by atoms with Crippen LogP contribution in [0.1, 0.15) is 71.2 Å². The summed E-state index contributed by atoms with van der Waals surface area (Å²) >= 11 is 0. The van der Waals surface area contributed by atoms with E-state index in [0.717, 1.165) is 49.2 Å². The summed E-state index contributed by atoms with van der Waals surface area (Å²) in [4.78, 5) is 29.5. The van der Waals surface area contributed by atoms with Gasteiger partial charge in [0.1, 0.15) is 0 Å². The van der Waals surface area contributed by atoms with E-state index >= 15 is 0 Å². The first-order chi connectivity index (χ1) is 15.5. The van der Waals surface area contributed by atoms with Crippen LogP contribution in [0.4, 0.5) is 11.4 Å². The quantitative estimate of drug-likeness (QED) is 0.561. The minimum Gasteiger partial charge on any atom is -0.355 e. The van der Waals surface area contributed by atoms with E-state index in [1.165, 1.54) is 6.42 Å². The first-order valence-electron chi connectivity index (χ1n) is 11.4. The predicted octanol–water partition coefficient (Wildman–Crippen LogP) is 3.67. The third-order valence-electron chi connectivity index (χ3n) is 6.58. The van der Waals surface area contributed by atoms with Crippen molar-refractivity contribution in [1.82, 2.24) is 16.0 Å². The summed E-state index contributed by atoms with van der Waals surface area (Å²) in [6.07, 6.45) is 5.51. The first-order valence-corrected chi connectivity index (χ1v) is 11.4. The molecule has 2 aromatic carbocycles. The molecule has 166 valence electrons. The standard InChI is InChI=1S/C25H29N5O2/c1-25(10-11-25)30-23(32)17-6-3-7-19(14-17)28-21-9-8-18(15-20(21)16-4-2-5-16)22(31)29-24-26-12-13-27-24/h3,6-9,14-16,28H,2,4-5,10-13H2,1H3,(H,30,32)(H2,26,27,29,31). The molecule has 5 rings (SSSR count). The van der Waals surface area contributed by atoms with E-state index in [2.05, 4.69) is 33.2 Å². The van der Waals surface area contributed by atoms with Crippen molar-refractivity contribution in [3.8, 4) is 0 Å². The zero-order valence-electron chi connectivity index (χ0n) is 18.3. The van der Waals surface area contributed by atoms with Gasteiger partial charge in [-0.1, -0.05) is 12.5 Å². The van der Waals surface area contributed by atoms with Crippen molar-refractivity contribution in [2.24, 2.45) is 4.99 Å². The number of hydrogen-bond donors (Lipinski definition) is 4. The molecule has 0 bridgehead atoms. The Balaban J connectivity index is 1.35. The number of nitrogens with zero attached hydrogens (tertiary/aromatic N) is 1. The van der Waals surface area contributed by atoms with E-state index in [0.29, 0.717) is 29.5 Å². The topological polar surface area (TPSA) is 94.6 Å². The number of hydrogen-bond acceptors (Lipinski definition) is 5. The second-order valence-electron chi connectivity index (χ2n) is 9.26. The largest absolute Gasteiger partial charge is 0.355 e. The van der Waals surface area contributed by atoms with Gasteiger partial charge in [-0.25, -0.2) is 0 Å². The number of aliphatic imine (C=N–C) groups is 1. The lowest BCUT2D eigenvalue weighted by atomic mass is 9.79. The van der Waals surface area contributed by atoms with Crippen LogP contribution in [-0.2, 0) is 0 Å². The molecule has 2 saturated carbocycles. The smallest absolute Gasteiger partial charge is 0.257 e. The third kappa shape index (κ3) is 4.47. The lowest BCUT2D eigenvalue weighted by molar-refractivity contribution is 0.0933. The van der Waals surface area contributed by atoms with Gasteiger partial charge in [-0.15, -0.1) is 0 Å². The maximum Gasteiger partial charge on any atom is 0.257 e. The highest BCUT2D eigenvalue weighted by molar-refractivity contribution is 6.06. The van der Waals surface area contributed by atoms with Gasteiger partial charge >= 0.3 is 0 Å². The summed E-state index contributed by atoms with van der Waals surface area (Å²) in [6.45, 7) is 3.51. The highest BCUT2D eigenvalue weighted by atomic mass is 16.2. The van der Waals surface area contributed by atoms with Gasteiger partial charge in [0.15, 0.2) is 5.96 Å². The van der Waals surface area contributed by atoms with E-state index in [9.17, 15) is 9.59 Å². The summed E-state index contributed by atoms with van der Waals surface area (Å²) in [5.41, 5.74) is 4.21. The van der Waals surface area contributed by atoms with Crippen molar-refractivity contribution >= 4 is 29.1 Å². The molecule has 1 aliphatic heterocycles. The number of amides is 2. The molecule has 1 heterocycles. The second-order valence-corrected chi connectivity index (χ2v) is 9.26. The molecule has 0 saturated heterocycles. The Bertz CT molecular complexity index is 1090. The van der Waals surface area contributed by atoms with Crippen LogP contribution in [-0.4, -0.2) is 36.4 Å². The van der Waals surface area contributed by atoms with Crippen LogP contribution in [0.5, 0.6) is 0 Å². The molecule has 0 spiro atoms. The number of carbonyl (C=O) groups excluding carboxylic acids is 2. The van der Waals surface area contributed by atoms with Crippen molar-refractivity contribution in [1.29, 1.82) is 0 Å². The highest BCUT2D eigenvalue weighted by Crippen LogP contribution is 2.41. The van der Waals surface area contributed by atoms with E-state index in [-0.39, 0.29) is 17.4 Å². The molecule has 0 radical (unpaired) electrons. The molecule has 2 aromatic rings. The second kappa shape index (κ2) is 8.30. The number of carbonyl (C=O) groups is 2. The zero-order valence-corrected chi connectivity index (χ0v) is 18.3. The van der Waals surface area contributed by atoms with Crippen LogP contribution in [0.15, 0.2) is 47.5 Å². The first kappa shape index (κ1) is 20.5. The fourth-order valence-corrected chi connectivity index (χ4v) is 4.09. The Hall–Kier alpha value is -3.35. The molecule has 32 heavy (non-hydrogen) atoms. The summed E-state index contributed by atoms with van der Waals surface area (Å²) in [5, 5.41) is 12.5. The Morgan fingerprint density at radius 2 is 1.88 bits per heavy atom. The summed E-state index contributed by atoms with van der Waals surface area (Å²) in [5.74, 6) is 0.784. The molecule has 2 fully saturated rings. The summed E-state index contributed by atoms with van der Waals surface area (Å²) < 4.78 is 0. The Labute approximate surface area is 188 Å². The highest BCUT2D eigenvalue weighted by Gasteiger charge is 2.38. The normalized spacial score (nSPS) is 18.7. The average molecular weight is 432 g/mol. The number of anilines is 2. The molecule has 4 N–H and O–H groups in total. The van der Waals surface area contributed by atoms with Crippen LogP contribution in [0.2, 0.25) is 0 Å². The minimum absolute atomic E-state index is 0.0386. The van der Waals surface area contributed by atoms with Crippen LogP contribution in [0.3, 0.4) is 0 Å². The molecule has 0 unspecified atom stereocenters.